The molecule has 150 valence electrons. The third kappa shape index (κ3) is 5.77. The van der Waals surface area contributed by atoms with Crippen molar-refractivity contribution in [1.29, 1.82) is 0 Å². The molecule has 1 atom stereocenters. The molecule has 1 amide bonds. The fourth-order valence-corrected chi connectivity index (χ4v) is 3.91. The van der Waals surface area contributed by atoms with Crippen molar-refractivity contribution in [2.45, 2.75) is 16.8 Å². The Kier molecular flexibility index (Phi) is 6.54. The summed E-state index contributed by atoms with van der Waals surface area (Å²) in [6.45, 7) is 0. The molecular formula is C21H15BrF3NO2S. The molecule has 0 heterocycles. The number of hydrogen-bond donors (Lipinski definition) is 1. The predicted octanol–water partition coefficient (Wildman–Crippen LogP) is 6.03. The standard InChI is InChI=1S/C21H15BrF3NO2S/c22-17-6-10-19(11-7-17)29(28)13-14-4-8-18(9-5-14)26-20(27)15-2-1-3-16(12-15)21(23,24)25/h1-12H,13H2,(H,26,27)/t29-/m0/s1. The van der Waals surface area contributed by atoms with E-state index in [4.69, 9.17) is 0 Å². The van der Waals surface area contributed by atoms with Gasteiger partial charge in [-0.2, -0.15) is 13.2 Å². The number of alkyl halides is 3. The van der Waals surface area contributed by atoms with Gasteiger partial charge in [-0.15, -0.1) is 0 Å². The maximum Gasteiger partial charge on any atom is 0.416 e. The minimum absolute atomic E-state index is 0.0831. The number of halogens is 4. The van der Waals surface area contributed by atoms with E-state index >= 15 is 0 Å². The molecule has 3 aromatic carbocycles. The second-order valence-corrected chi connectivity index (χ2v) is 8.54. The highest BCUT2D eigenvalue weighted by molar-refractivity contribution is 9.10. The first-order valence-electron chi connectivity index (χ1n) is 8.44. The highest BCUT2D eigenvalue weighted by atomic mass is 79.9. The van der Waals surface area contributed by atoms with Crippen LogP contribution in [0.25, 0.3) is 0 Å². The Hall–Kier alpha value is -2.45. The highest BCUT2D eigenvalue weighted by Crippen LogP contribution is 2.29. The Morgan fingerprint density at radius 1 is 0.966 bits per heavy atom. The summed E-state index contributed by atoms with van der Waals surface area (Å²) in [4.78, 5) is 12.9. The molecule has 0 bridgehead atoms. The molecule has 0 aromatic heterocycles. The van der Waals surface area contributed by atoms with Gasteiger partial charge in [0.05, 0.1) is 22.1 Å². The van der Waals surface area contributed by atoms with E-state index in [0.717, 1.165) is 22.2 Å². The van der Waals surface area contributed by atoms with Gasteiger partial charge >= 0.3 is 6.18 Å². The van der Waals surface area contributed by atoms with Crippen LogP contribution in [0.4, 0.5) is 18.9 Å². The van der Waals surface area contributed by atoms with E-state index in [1.807, 2.05) is 12.1 Å². The molecular weight excluding hydrogens is 467 g/mol. The van der Waals surface area contributed by atoms with Crippen LogP contribution in [0.15, 0.2) is 82.2 Å². The second-order valence-electron chi connectivity index (χ2n) is 6.17. The van der Waals surface area contributed by atoms with Gasteiger partial charge in [-0.1, -0.05) is 34.1 Å². The average molecular weight is 482 g/mol. The predicted molar refractivity (Wildman–Crippen MR) is 110 cm³/mol. The van der Waals surface area contributed by atoms with Crippen molar-refractivity contribution in [1.82, 2.24) is 0 Å². The van der Waals surface area contributed by atoms with E-state index in [0.29, 0.717) is 16.3 Å². The number of amides is 1. The summed E-state index contributed by atoms with van der Waals surface area (Å²) in [5.74, 6) is -0.328. The number of carbonyl (C=O) groups is 1. The van der Waals surface area contributed by atoms with Crippen molar-refractivity contribution in [3.8, 4) is 0 Å². The summed E-state index contributed by atoms with van der Waals surface area (Å²) >= 11 is 3.33. The van der Waals surface area contributed by atoms with Crippen LogP contribution in [0.3, 0.4) is 0 Å². The third-order valence-electron chi connectivity index (χ3n) is 4.04. The molecule has 3 rings (SSSR count). The van der Waals surface area contributed by atoms with Crippen LogP contribution in [0.5, 0.6) is 0 Å². The number of nitrogens with one attached hydrogen (secondary N) is 1. The zero-order chi connectivity index (χ0) is 21.0. The highest BCUT2D eigenvalue weighted by Gasteiger charge is 2.30. The molecule has 0 radical (unpaired) electrons. The molecule has 0 spiro atoms. The molecule has 8 heteroatoms. The Labute approximate surface area is 176 Å². The molecule has 0 unspecified atom stereocenters. The van der Waals surface area contributed by atoms with E-state index in [9.17, 15) is 22.2 Å². The van der Waals surface area contributed by atoms with E-state index in [1.54, 1.807) is 36.4 Å². The lowest BCUT2D eigenvalue weighted by Gasteiger charge is -2.10. The van der Waals surface area contributed by atoms with Gasteiger partial charge in [0.2, 0.25) is 0 Å². The molecule has 3 nitrogen and oxygen atoms in total. The lowest BCUT2D eigenvalue weighted by atomic mass is 10.1. The number of anilines is 1. The van der Waals surface area contributed by atoms with Gasteiger partial charge in [0.25, 0.3) is 5.91 Å². The maximum absolute atomic E-state index is 12.8. The quantitative estimate of drug-likeness (QED) is 0.483. The minimum atomic E-state index is -4.51. The Balaban J connectivity index is 1.65. The van der Waals surface area contributed by atoms with Gasteiger partial charge in [0.15, 0.2) is 0 Å². The summed E-state index contributed by atoms with van der Waals surface area (Å²) in [6, 6.07) is 18.1. The Morgan fingerprint density at radius 3 is 2.24 bits per heavy atom. The number of rotatable bonds is 5. The lowest BCUT2D eigenvalue weighted by Crippen LogP contribution is -2.14. The maximum atomic E-state index is 12.8. The van der Waals surface area contributed by atoms with Crippen molar-refractivity contribution in [3.63, 3.8) is 0 Å². The van der Waals surface area contributed by atoms with Gasteiger partial charge in [-0.25, -0.2) is 0 Å². The molecule has 0 fully saturated rings. The van der Waals surface area contributed by atoms with Gasteiger partial charge < -0.3 is 5.32 Å². The van der Waals surface area contributed by atoms with Gasteiger partial charge in [-0.05, 0) is 60.2 Å². The van der Waals surface area contributed by atoms with Crippen LogP contribution in [-0.4, -0.2) is 10.1 Å². The summed E-state index contributed by atoms with van der Waals surface area (Å²) in [5.41, 5.74) is 0.282. The van der Waals surface area contributed by atoms with Crippen LogP contribution in [0.1, 0.15) is 21.5 Å². The lowest BCUT2D eigenvalue weighted by molar-refractivity contribution is -0.137. The average Bonchev–Trinajstić information content (AvgIpc) is 2.69. The minimum Gasteiger partial charge on any atom is -0.322 e. The molecule has 0 aliphatic rings. The summed E-state index contributed by atoms with van der Waals surface area (Å²) < 4.78 is 51.7. The zero-order valence-electron chi connectivity index (χ0n) is 14.9. The summed E-state index contributed by atoms with van der Waals surface area (Å²) in [5, 5.41) is 2.57. The fraction of sp³-hybridized carbons (Fsp3) is 0.0952. The molecule has 1 N–H and O–H groups in total. The summed E-state index contributed by atoms with van der Waals surface area (Å²) in [7, 11) is -1.22. The Bertz CT molecular complexity index is 1040. The van der Waals surface area contributed by atoms with Crippen molar-refractivity contribution >= 4 is 38.3 Å². The van der Waals surface area contributed by atoms with E-state index in [-0.39, 0.29) is 5.56 Å². The molecule has 0 aliphatic carbocycles. The van der Waals surface area contributed by atoms with Crippen LogP contribution in [0, 0.1) is 0 Å². The molecule has 0 aliphatic heterocycles. The first kappa shape index (κ1) is 21.3. The van der Waals surface area contributed by atoms with E-state index < -0.39 is 28.4 Å². The second kappa shape index (κ2) is 8.92. The number of benzene rings is 3. The van der Waals surface area contributed by atoms with Crippen molar-refractivity contribution in [2.75, 3.05) is 5.32 Å². The van der Waals surface area contributed by atoms with Crippen molar-refractivity contribution < 1.29 is 22.2 Å². The SMILES string of the molecule is O=C(Nc1ccc(C[S@](=O)c2ccc(Br)cc2)cc1)c1cccc(C(F)(F)F)c1. The molecule has 0 saturated carbocycles. The number of carbonyl (C=O) groups excluding carboxylic acids is 1. The molecule has 3 aromatic rings. The zero-order valence-corrected chi connectivity index (χ0v) is 17.3. The fourth-order valence-electron chi connectivity index (χ4n) is 2.55. The van der Waals surface area contributed by atoms with Crippen molar-refractivity contribution in [2.24, 2.45) is 0 Å². The smallest absolute Gasteiger partial charge is 0.322 e. The van der Waals surface area contributed by atoms with Crippen LogP contribution in [-0.2, 0) is 22.7 Å². The largest absolute Gasteiger partial charge is 0.416 e. The first-order valence-corrected chi connectivity index (χ1v) is 10.5. The van der Waals surface area contributed by atoms with E-state index in [2.05, 4.69) is 21.2 Å². The van der Waals surface area contributed by atoms with E-state index in [1.165, 1.54) is 12.1 Å². The monoisotopic (exact) mass is 481 g/mol. The summed E-state index contributed by atoms with van der Waals surface area (Å²) in [6.07, 6.45) is -4.51. The third-order valence-corrected chi connectivity index (χ3v) is 5.96. The van der Waals surface area contributed by atoms with Crippen LogP contribution < -0.4 is 5.32 Å². The van der Waals surface area contributed by atoms with Gasteiger partial charge in [-0.3, -0.25) is 9.00 Å². The molecule has 29 heavy (non-hydrogen) atoms. The normalized spacial score (nSPS) is 12.4. The first-order chi connectivity index (χ1) is 13.7. The number of hydrogen-bond acceptors (Lipinski definition) is 2. The molecule has 0 saturated heterocycles. The Morgan fingerprint density at radius 2 is 1.62 bits per heavy atom. The van der Waals surface area contributed by atoms with Crippen molar-refractivity contribution in [3.05, 3.63) is 94.0 Å². The van der Waals surface area contributed by atoms with Crippen LogP contribution in [0.2, 0.25) is 0 Å². The van der Waals surface area contributed by atoms with Gasteiger partial charge in [0, 0.05) is 20.6 Å². The topological polar surface area (TPSA) is 46.2 Å². The van der Waals surface area contributed by atoms with Crippen LogP contribution >= 0.6 is 15.9 Å². The van der Waals surface area contributed by atoms with Gasteiger partial charge in [0.1, 0.15) is 0 Å².